The number of likely N-dealkylation sites (tertiary alicyclic amines) is 1. The van der Waals surface area contributed by atoms with Crippen LogP contribution in [-0.4, -0.2) is 59.6 Å². The average molecular weight is 397 g/mol. The summed E-state index contributed by atoms with van der Waals surface area (Å²) in [6, 6.07) is 6.53. The predicted octanol–water partition coefficient (Wildman–Crippen LogP) is 1.04. The normalized spacial score (nSPS) is 20.0. The number of piperidine rings is 1. The third-order valence-electron chi connectivity index (χ3n) is 4.73. The third kappa shape index (κ3) is 4.30. The summed E-state index contributed by atoms with van der Waals surface area (Å²) in [6.07, 6.45) is -0.716. The largest absolute Gasteiger partial charge is 0.481 e. The maximum atomic E-state index is 12.6. The molecule has 0 aromatic heterocycles. The van der Waals surface area contributed by atoms with Gasteiger partial charge in [0.05, 0.1) is 12.5 Å². The minimum absolute atomic E-state index is 0. The van der Waals surface area contributed by atoms with Gasteiger partial charge < -0.3 is 20.5 Å². The monoisotopic (exact) mass is 396 g/mol. The molecule has 27 heavy (non-hydrogen) atoms. The van der Waals surface area contributed by atoms with Crippen LogP contribution in [0.4, 0.5) is 10.5 Å². The van der Waals surface area contributed by atoms with Crippen molar-refractivity contribution in [2.45, 2.75) is 18.9 Å². The van der Waals surface area contributed by atoms with Gasteiger partial charge in [-0.2, -0.15) is 0 Å². The Morgan fingerprint density at radius 1 is 1.19 bits per heavy atom. The van der Waals surface area contributed by atoms with E-state index in [4.69, 9.17) is 21.0 Å². The molecule has 4 N–H and O–H groups in total. The van der Waals surface area contributed by atoms with Gasteiger partial charge in [-0.25, -0.2) is 4.79 Å². The Balaban J connectivity index is 0.00000261. The topological polar surface area (TPSA) is 137 Å². The summed E-state index contributed by atoms with van der Waals surface area (Å²) >= 11 is 0. The highest BCUT2D eigenvalue weighted by Crippen LogP contribution is 2.25. The Hall–Kier alpha value is -2.81. The van der Waals surface area contributed by atoms with Crippen LogP contribution < -0.4 is 10.6 Å². The first-order valence-electron chi connectivity index (χ1n) is 8.31. The zero-order valence-electron chi connectivity index (χ0n) is 14.5. The second-order valence-corrected chi connectivity index (χ2v) is 6.38. The molecule has 2 fully saturated rings. The number of nitrogens with zero attached hydrogens (tertiary/aromatic N) is 2. The van der Waals surface area contributed by atoms with Crippen LogP contribution in [0.25, 0.3) is 0 Å². The Labute approximate surface area is 162 Å². The predicted molar refractivity (Wildman–Crippen MR) is 99.3 cm³/mol. The van der Waals surface area contributed by atoms with Crippen molar-refractivity contribution in [2.24, 2.45) is 11.7 Å². The van der Waals surface area contributed by atoms with E-state index >= 15 is 0 Å². The maximum Gasteiger partial charge on any atom is 0.415 e. The molecule has 0 radical (unpaired) electrons. The summed E-state index contributed by atoms with van der Waals surface area (Å²) in [5, 5.41) is 16.4. The highest BCUT2D eigenvalue weighted by molar-refractivity contribution is 5.98. The highest BCUT2D eigenvalue weighted by atomic mass is 35.5. The van der Waals surface area contributed by atoms with E-state index in [0.717, 1.165) is 0 Å². The minimum Gasteiger partial charge on any atom is -0.481 e. The number of hydrogen-bond donors (Lipinski definition) is 3. The van der Waals surface area contributed by atoms with E-state index in [1.165, 1.54) is 4.90 Å². The van der Waals surface area contributed by atoms with Crippen molar-refractivity contribution in [3.05, 3.63) is 29.8 Å². The number of amides is 2. The molecule has 9 nitrogen and oxygen atoms in total. The fraction of sp³-hybridized carbons (Fsp3) is 0.412. The molecule has 2 aliphatic rings. The summed E-state index contributed by atoms with van der Waals surface area (Å²) in [5.41, 5.74) is 6.50. The Bertz CT molecular complexity index is 746. The molecule has 10 heteroatoms. The number of amidine groups is 1. The number of cyclic esters (lactones) is 1. The number of carboxylic acid groups (broad SMARTS) is 1. The lowest BCUT2D eigenvalue weighted by Crippen LogP contribution is -2.46. The van der Waals surface area contributed by atoms with Gasteiger partial charge in [0, 0.05) is 24.3 Å². The number of hydrogen-bond acceptors (Lipinski definition) is 5. The lowest BCUT2D eigenvalue weighted by Gasteiger charge is -2.31. The molecule has 1 aromatic rings. The van der Waals surface area contributed by atoms with Gasteiger partial charge in [0.2, 0.25) is 0 Å². The SMILES string of the molecule is Cl.N=C(N)c1ccc(N2CC(C(=O)N3CCC(C(=O)O)CC3)OC2=O)cc1. The number of rotatable bonds is 4. The van der Waals surface area contributed by atoms with Crippen LogP contribution in [0, 0.1) is 11.3 Å². The number of ether oxygens (including phenoxy) is 1. The molecule has 1 unspecified atom stereocenters. The molecule has 2 heterocycles. The van der Waals surface area contributed by atoms with E-state index in [1.54, 1.807) is 29.2 Å². The van der Waals surface area contributed by atoms with Gasteiger partial charge in [-0.15, -0.1) is 12.4 Å². The lowest BCUT2D eigenvalue weighted by molar-refractivity contribution is -0.147. The van der Waals surface area contributed by atoms with Crippen molar-refractivity contribution in [3.63, 3.8) is 0 Å². The number of nitrogen functional groups attached to an aromatic ring is 1. The number of aliphatic carboxylic acids is 1. The number of carbonyl (C=O) groups excluding carboxylic acids is 2. The van der Waals surface area contributed by atoms with Gasteiger partial charge in [0.15, 0.2) is 6.10 Å². The third-order valence-corrected chi connectivity index (χ3v) is 4.73. The molecule has 146 valence electrons. The molecule has 0 aliphatic carbocycles. The van der Waals surface area contributed by atoms with Gasteiger partial charge in [-0.05, 0) is 37.1 Å². The molecule has 0 saturated carbocycles. The number of carbonyl (C=O) groups is 3. The minimum atomic E-state index is -0.906. The van der Waals surface area contributed by atoms with Crippen molar-refractivity contribution in [1.82, 2.24) is 4.90 Å². The maximum absolute atomic E-state index is 12.6. The molecule has 3 rings (SSSR count). The van der Waals surface area contributed by atoms with Gasteiger partial charge in [0.25, 0.3) is 5.91 Å². The number of anilines is 1. The zero-order chi connectivity index (χ0) is 18.8. The van der Waals surface area contributed by atoms with Crippen molar-refractivity contribution in [2.75, 3.05) is 24.5 Å². The van der Waals surface area contributed by atoms with Crippen molar-refractivity contribution in [3.8, 4) is 0 Å². The van der Waals surface area contributed by atoms with E-state index in [2.05, 4.69) is 0 Å². The molecule has 0 spiro atoms. The van der Waals surface area contributed by atoms with Crippen LogP contribution in [0.15, 0.2) is 24.3 Å². The molecule has 2 saturated heterocycles. The van der Waals surface area contributed by atoms with Crippen molar-refractivity contribution >= 4 is 41.9 Å². The smallest absolute Gasteiger partial charge is 0.415 e. The van der Waals surface area contributed by atoms with Crippen LogP contribution in [-0.2, 0) is 14.3 Å². The standard InChI is InChI=1S/C17H20N4O5.ClH/c18-14(19)10-1-3-12(4-2-10)21-9-13(26-17(21)25)15(22)20-7-5-11(6-8-20)16(23)24;/h1-4,11,13H,5-9H2,(H3,18,19)(H,23,24);1H. The molecular weight excluding hydrogens is 376 g/mol. The molecule has 2 amide bonds. The van der Waals surface area contributed by atoms with Crippen LogP contribution in [0.3, 0.4) is 0 Å². The van der Waals surface area contributed by atoms with Crippen LogP contribution in [0.5, 0.6) is 0 Å². The average Bonchev–Trinajstić information content (AvgIpc) is 3.03. The molecule has 0 bridgehead atoms. The van der Waals surface area contributed by atoms with Gasteiger partial charge in [-0.1, -0.05) is 0 Å². The van der Waals surface area contributed by atoms with E-state index in [1.807, 2.05) is 0 Å². The number of nitrogens with one attached hydrogen (secondary N) is 1. The quantitative estimate of drug-likeness (QED) is 0.513. The highest BCUT2D eigenvalue weighted by Gasteiger charge is 2.40. The zero-order valence-corrected chi connectivity index (χ0v) is 15.3. The van der Waals surface area contributed by atoms with E-state index < -0.39 is 24.1 Å². The first kappa shape index (κ1) is 20.5. The second-order valence-electron chi connectivity index (χ2n) is 6.38. The number of nitrogens with two attached hydrogens (primary N) is 1. The summed E-state index contributed by atoms with van der Waals surface area (Å²) in [4.78, 5) is 38.6. The second kappa shape index (κ2) is 8.26. The van der Waals surface area contributed by atoms with Gasteiger partial charge in [-0.3, -0.25) is 19.9 Å². The lowest BCUT2D eigenvalue weighted by atomic mass is 9.97. The molecule has 1 aromatic carbocycles. The number of benzene rings is 1. The Kier molecular flexibility index (Phi) is 6.27. The number of carboxylic acids is 1. The van der Waals surface area contributed by atoms with Crippen molar-refractivity contribution < 1.29 is 24.2 Å². The summed E-state index contributed by atoms with van der Waals surface area (Å²) < 4.78 is 5.21. The van der Waals surface area contributed by atoms with E-state index in [-0.39, 0.29) is 30.7 Å². The summed E-state index contributed by atoms with van der Waals surface area (Å²) in [6.45, 7) is 0.782. The molecular formula is C17H21ClN4O5. The number of halogens is 1. The first-order chi connectivity index (χ1) is 12.4. The fourth-order valence-corrected chi connectivity index (χ4v) is 3.17. The van der Waals surface area contributed by atoms with Crippen molar-refractivity contribution in [1.29, 1.82) is 5.41 Å². The van der Waals surface area contributed by atoms with Crippen LogP contribution in [0.1, 0.15) is 18.4 Å². The van der Waals surface area contributed by atoms with E-state index in [0.29, 0.717) is 37.2 Å². The summed E-state index contributed by atoms with van der Waals surface area (Å²) in [7, 11) is 0. The van der Waals surface area contributed by atoms with Crippen LogP contribution >= 0.6 is 12.4 Å². The first-order valence-corrected chi connectivity index (χ1v) is 8.31. The molecule has 2 aliphatic heterocycles. The Morgan fingerprint density at radius 2 is 1.78 bits per heavy atom. The van der Waals surface area contributed by atoms with E-state index in [9.17, 15) is 14.4 Å². The van der Waals surface area contributed by atoms with Gasteiger partial charge >= 0.3 is 12.1 Å². The van der Waals surface area contributed by atoms with Gasteiger partial charge in [0.1, 0.15) is 5.84 Å². The molecule has 1 atom stereocenters. The Morgan fingerprint density at radius 3 is 2.30 bits per heavy atom. The fourth-order valence-electron chi connectivity index (χ4n) is 3.17. The van der Waals surface area contributed by atoms with Crippen LogP contribution in [0.2, 0.25) is 0 Å². The summed E-state index contributed by atoms with van der Waals surface area (Å²) in [5.74, 6) is -1.64.